The van der Waals surface area contributed by atoms with E-state index in [-0.39, 0.29) is 11.9 Å². The summed E-state index contributed by atoms with van der Waals surface area (Å²) in [4.78, 5) is 21.3. The third kappa shape index (κ3) is 4.90. The predicted octanol–water partition coefficient (Wildman–Crippen LogP) is 3.95. The van der Waals surface area contributed by atoms with Crippen molar-refractivity contribution in [2.24, 2.45) is 0 Å². The number of carbonyl (C=O) groups excluding carboxylic acids is 1. The average Bonchev–Trinajstić information content (AvgIpc) is 2.80. The molecule has 4 rings (SSSR count). The molecule has 2 heterocycles. The van der Waals surface area contributed by atoms with Crippen molar-refractivity contribution >= 4 is 5.91 Å². The van der Waals surface area contributed by atoms with Crippen molar-refractivity contribution in [2.45, 2.75) is 18.9 Å². The number of piperazine rings is 1. The zero-order chi connectivity index (χ0) is 19.9. The summed E-state index contributed by atoms with van der Waals surface area (Å²) in [5, 5.41) is 0. The summed E-state index contributed by atoms with van der Waals surface area (Å²) < 4.78 is 0. The summed E-state index contributed by atoms with van der Waals surface area (Å²) in [6, 6.07) is 25.5. The lowest BCUT2D eigenvalue weighted by Gasteiger charge is -2.40. The van der Waals surface area contributed by atoms with Gasteiger partial charge in [-0.25, -0.2) is 0 Å². The van der Waals surface area contributed by atoms with Gasteiger partial charge in [-0.1, -0.05) is 66.7 Å². The number of pyridine rings is 1. The second-order valence-electron chi connectivity index (χ2n) is 7.50. The minimum atomic E-state index is 0.227. The number of aryl methyl sites for hydroxylation is 1. The molecule has 1 aliphatic rings. The van der Waals surface area contributed by atoms with E-state index in [0.717, 1.165) is 38.2 Å². The molecule has 1 fully saturated rings. The van der Waals surface area contributed by atoms with Gasteiger partial charge in [-0.05, 0) is 29.2 Å². The Balaban J connectivity index is 1.40. The smallest absolute Gasteiger partial charge is 0.222 e. The quantitative estimate of drug-likeness (QED) is 0.645. The fourth-order valence-corrected chi connectivity index (χ4v) is 4.07. The molecule has 0 bridgehead atoms. The van der Waals surface area contributed by atoms with Crippen molar-refractivity contribution in [2.75, 3.05) is 26.2 Å². The van der Waals surface area contributed by atoms with Gasteiger partial charge < -0.3 is 4.90 Å². The lowest BCUT2D eigenvalue weighted by molar-refractivity contribution is -0.133. The minimum Gasteiger partial charge on any atom is -0.340 e. The maximum Gasteiger partial charge on any atom is 0.222 e. The molecule has 0 spiro atoms. The molecule has 0 unspecified atom stereocenters. The van der Waals surface area contributed by atoms with Gasteiger partial charge in [0.1, 0.15) is 0 Å². The second kappa shape index (κ2) is 9.48. The first kappa shape index (κ1) is 19.3. The van der Waals surface area contributed by atoms with E-state index in [4.69, 9.17) is 0 Å². The number of rotatable bonds is 6. The summed E-state index contributed by atoms with van der Waals surface area (Å²) >= 11 is 0. The Labute approximate surface area is 172 Å². The molecule has 148 valence electrons. The van der Waals surface area contributed by atoms with Crippen LogP contribution in [0.3, 0.4) is 0 Å². The van der Waals surface area contributed by atoms with E-state index < -0.39 is 0 Å². The van der Waals surface area contributed by atoms with Crippen LogP contribution in [0.15, 0.2) is 85.2 Å². The third-order valence-electron chi connectivity index (χ3n) is 5.61. The molecule has 1 amide bonds. The van der Waals surface area contributed by atoms with Gasteiger partial charge in [-0.3, -0.25) is 14.7 Å². The average molecular weight is 386 g/mol. The molecule has 1 aliphatic heterocycles. The lowest BCUT2D eigenvalue weighted by atomic mass is 9.96. The van der Waals surface area contributed by atoms with E-state index in [1.807, 2.05) is 23.2 Å². The fraction of sp³-hybridized carbons (Fsp3) is 0.280. The number of hydrogen-bond acceptors (Lipinski definition) is 3. The summed E-state index contributed by atoms with van der Waals surface area (Å²) in [5.41, 5.74) is 3.72. The Morgan fingerprint density at radius 1 is 0.828 bits per heavy atom. The highest BCUT2D eigenvalue weighted by molar-refractivity contribution is 5.76. The van der Waals surface area contributed by atoms with Crippen molar-refractivity contribution in [1.82, 2.24) is 14.8 Å². The molecule has 4 heteroatoms. The normalized spacial score (nSPS) is 14.9. The molecule has 3 aromatic rings. The molecule has 0 atom stereocenters. The predicted molar refractivity (Wildman–Crippen MR) is 115 cm³/mol. The molecule has 4 nitrogen and oxygen atoms in total. The van der Waals surface area contributed by atoms with Crippen molar-refractivity contribution in [3.05, 3.63) is 102 Å². The molecular weight excluding hydrogens is 358 g/mol. The topological polar surface area (TPSA) is 36.4 Å². The van der Waals surface area contributed by atoms with Gasteiger partial charge in [0.2, 0.25) is 5.91 Å². The van der Waals surface area contributed by atoms with Crippen LogP contribution < -0.4 is 0 Å². The van der Waals surface area contributed by atoms with E-state index in [1.54, 1.807) is 6.20 Å². The highest BCUT2D eigenvalue weighted by Gasteiger charge is 2.27. The molecule has 1 aromatic heterocycles. The molecule has 0 radical (unpaired) electrons. The zero-order valence-corrected chi connectivity index (χ0v) is 16.7. The molecule has 29 heavy (non-hydrogen) atoms. The minimum absolute atomic E-state index is 0.227. The van der Waals surface area contributed by atoms with Crippen LogP contribution in [0.4, 0.5) is 0 Å². The van der Waals surface area contributed by atoms with Crippen LogP contribution in [0.2, 0.25) is 0 Å². The Morgan fingerprint density at radius 2 is 1.45 bits per heavy atom. The highest BCUT2D eigenvalue weighted by Crippen LogP contribution is 2.29. The van der Waals surface area contributed by atoms with Crippen LogP contribution in [-0.2, 0) is 11.2 Å². The van der Waals surface area contributed by atoms with E-state index in [0.29, 0.717) is 6.42 Å². The monoisotopic (exact) mass is 385 g/mol. The van der Waals surface area contributed by atoms with Crippen molar-refractivity contribution in [3.8, 4) is 0 Å². The van der Waals surface area contributed by atoms with Gasteiger partial charge in [-0.15, -0.1) is 0 Å². The lowest BCUT2D eigenvalue weighted by Crippen LogP contribution is -2.49. The van der Waals surface area contributed by atoms with E-state index in [1.165, 1.54) is 11.1 Å². The van der Waals surface area contributed by atoms with Gasteiger partial charge in [0.05, 0.1) is 6.04 Å². The first-order valence-corrected chi connectivity index (χ1v) is 10.3. The zero-order valence-electron chi connectivity index (χ0n) is 16.7. The van der Waals surface area contributed by atoms with Crippen molar-refractivity contribution < 1.29 is 4.79 Å². The Bertz CT molecular complexity index is 852. The number of hydrogen-bond donors (Lipinski definition) is 0. The van der Waals surface area contributed by atoms with Gasteiger partial charge >= 0.3 is 0 Å². The number of aromatic nitrogens is 1. The van der Waals surface area contributed by atoms with Gasteiger partial charge in [0, 0.05) is 45.0 Å². The number of amides is 1. The van der Waals surface area contributed by atoms with Crippen LogP contribution in [0, 0.1) is 0 Å². The second-order valence-corrected chi connectivity index (χ2v) is 7.50. The van der Waals surface area contributed by atoms with Crippen LogP contribution in [-0.4, -0.2) is 46.9 Å². The van der Waals surface area contributed by atoms with Crippen LogP contribution in [0.1, 0.15) is 29.2 Å². The molecule has 0 N–H and O–H groups in total. The molecule has 2 aromatic carbocycles. The van der Waals surface area contributed by atoms with Crippen LogP contribution in [0.25, 0.3) is 0 Å². The SMILES string of the molecule is O=C(CCc1cccnc1)N1CCN(C(c2ccccc2)c2ccccc2)CC1. The summed E-state index contributed by atoms with van der Waals surface area (Å²) in [6.07, 6.45) is 4.91. The number of nitrogens with zero attached hydrogens (tertiary/aromatic N) is 3. The van der Waals surface area contributed by atoms with Gasteiger partial charge in [0.25, 0.3) is 0 Å². The largest absolute Gasteiger partial charge is 0.340 e. The van der Waals surface area contributed by atoms with E-state index in [9.17, 15) is 4.79 Å². The summed E-state index contributed by atoms with van der Waals surface area (Å²) in [5.74, 6) is 0.240. The maximum atomic E-state index is 12.7. The maximum absolute atomic E-state index is 12.7. The van der Waals surface area contributed by atoms with E-state index in [2.05, 4.69) is 70.5 Å². The highest BCUT2D eigenvalue weighted by atomic mass is 16.2. The van der Waals surface area contributed by atoms with Crippen LogP contribution in [0.5, 0.6) is 0 Å². The Morgan fingerprint density at radius 3 is 2.00 bits per heavy atom. The van der Waals surface area contributed by atoms with Crippen molar-refractivity contribution in [3.63, 3.8) is 0 Å². The molecule has 0 aliphatic carbocycles. The third-order valence-corrected chi connectivity index (χ3v) is 5.61. The molecular formula is C25H27N3O. The van der Waals surface area contributed by atoms with Crippen molar-refractivity contribution in [1.29, 1.82) is 0 Å². The Hall–Kier alpha value is -2.98. The first-order chi connectivity index (χ1) is 14.3. The van der Waals surface area contributed by atoms with Gasteiger partial charge in [0.15, 0.2) is 0 Å². The Kier molecular flexibility index (Phi) is 6.32. The summed E-state index contributed by atoms with van der Waals surface area (Å²) in [7, 11) is 0. The molecule has 1 saturated heterocycles. The van der Waals surface area contributed by atoms with Crippen LogP contribution >= 0.6 is 0 Å². The van der Waals surface area contributed by atoms with Gasteiger partial charge in [-0.2, -0.15) is 0 Å². The van der Waals surface area contributed by atoms with E-state index >= 15 is 0 Å². The number of benzene rings is 2. The standard InChI is InChI=1S/C25H27N3O/c29-24(14-13-21-8-7-15-26-20-21)27-16-18-28(19-17-27)25(22-9-3-1-4-10-22)23-11-5-2-6-12-23/h1-12,15,20,25H,13-14,16-19H2. The first-order valence-electron chi connectivity index (χ1n) is 10.3. The number of carbonyl (C=O) groups is 1. The fourth-order valence-electron chi connectivity index (χ4n) is 4.07. The molecule has 0 saturated carbocycles. The summed E-state index contributed by atoms with van der Waals surface area (Å²) in [6.45, 7) is 3.32.